The average molecular weight is 334 g/mol. The third-order valence-electron chi connectivity index (χ3n) is 2.78. The summed E-state index contributed by atoms with van der Waals surface area (Å²) < 4.78 is 49.5. The normalized spacial score (nSPS) is 18.4. The Morgan fingerprint density at radius 1 is 1.50 bits per heavy atom. The molecule has 1 aromatic heterocycles. The van der Waals surface area contributed by atoms with Crippen LogP contribution in [0.1, 0.15) is 17.0 Å². The molecule has 0 bridgehead atoms. The highest BCUT2D eigenvalue weighted by atomic mass is 35.5. The fraction of sp³-hybridized carbons (Fsp3) is 0.600. The van der Waals surface area contributed by atoms with Gasteiger partial charge in [-0.15, -0.1) is 23.7 Å². The molecule has 20 heavy (non-hydrogen) atoms. The third kappa shape index (κ3) is 3.39. The number of anilines is 1. The van der Waals surface area contributed by atoms with Gasteiger partial charge in [0.25, 0.3) is 0 Å². The van der Waals surface area contributed by atoms with E-state index in [4.69, 9.17) is 5.73 Å². The van der Waals surface area contributed by atoms with Gasteiger partial charge in [0, 0.05) is 10.9 Å². The molecule has 1 aliphatic carbocycles. The van der Waals surface area contributed by atoms with E-state index >= 15 is 0 Å². The van der Waals surface area contributed by atoms with Gasteiger partial charge in [-0.25, -0.2) is 13.8 Å². The van der Waals surface area contributed by atoms with Crippen molar-refractivity contribution in [2.45, 2.75) is 37.7 Å². The number of nitrogens with one attached hydrogen (secondary N) is 1. The van der Waals surface area contributed by atoms with Crippen molar-refractivity contribution in [3.63, 3.8) is 0 Å². The Morgan fingerprint density at radius 2 is 2.15 bits per heavy atom. The van der Waals surface area contributed by atoms with Crippen molar-refractivity contribution in [3.05, 3.63) is 10.6 Å². The van der Waals surface area contributed by atoms with E-state index in [9.17, 15) is 22.4 Å². The molecule has 1 heterocycles. The first kappa shape index (κ1) is 17.1. The van der Waals surface area contributed by atoms with Gasteiger partial charge >= 0.3 is 18.3 Å². The zero-order valence-electron chi connectivity index (χ0n) is 10.0. The monoisotopic (exact) mass is 333 g/mol. The maximum Gasteiger partial charge on any atom is 0.383 e. The van der Waals surface area contributed by atoms with Gasteiger partial charge in [0.2, 0.25) is 0 Å². The van der Waals surface area contributed by atoms with Crippen molar-refractivity contribution in [1.82, 2.24) is 4.98 Å². The zero-order chi connectivity index (χ0) is 14.2. The molecule has 4 nitrogen and oxygen atoms in total. The number of aryl methyl sites for hydroxylation is 1. The molecule has 0 radical (unpaired) electrons. The fourth-order valence-electron chi connectivity index (χ4n) is 1.73. The largest absolute Gasteiger partial charge is 0.383 e. The summed E-state index contributed by atoms with van der Waals surface area (Å²) in [6, 6.07) is -0.0287. The summed E-state index contributed by atoms with van der Waals surface area (Å²) in [7, 11) is 0. The maximum absolute atomic E-state index is 12.8. The number of nitrogens with zero attached hydrogens (tertiary/aromatic N) is 1. The summed E-state index contributed by atoms with van der Waals surface area (Å²) in [6.07, 6.45) is -2.19. The van der Waals surface area contributed by atoms with Gasteiger partial charge in [0.1, 0.15) is 0 Å². The second-order valence-corrected chi connectivity index (χ2v) is 5.35. The second-order valence-electron chi connectivity index (χ2n) is 4.27. The van der Waals surface area contributed by atoms with E-state index in [-0.39, 0.29) is 23.6 Å². The highest BCUT2D eigenvalue weighted by Gasteiger charge is 2.49. The number of hydrogen-bond donors (Lipinski definition) is 2. The molecule has 0 spiro atoms. The van der Waals surface area contributed by atoms with Crippen LogP contribution < -0.4 is 11.1 Å². The van der Waals surface area contributed by atoms with Crippen molar-refractivity contribution in [1.29, 1.82) is 0 Å². The Kier molecular flexibility index (Phi) is 5.33. The minimum absolute atomic E-state index is 0. The van der Waals surface area contributed by atoms with Crippen molar-refractivity contribution in [2.75, 3.05) is 5.32 Å². The van der Waals surface area contributed by atoms with E-state index in [0.29, 0.717) is 18.5 Å². The molecule has 1 atom stereocenters. The van der Waals surface area contributed by atoms with Gasteiger partial charge in [-0.1, -0.05) is 0 Å². The van der Waals surface area contributed by atoms with E-state index in [1.165, 1.54) is 0 Å². The highest BCUT2D eigenvalue weighted by Crippen LogP contribution is 2.31. The minimum Gasteiger partial charge on any atom is -0.327 e. The number of alkyl halides is 4. The van der Waals surface area contributed by atoms with Crippen LogP contribution in [0.4, 0.5) is 22.7 Å². The van der Waals surface area contributed by atoms with Crippen molar-refractivity contribution >= 4 is 34.8 Å². The number of rotatable bonds is 3. The van der Waals surface area contributed by atoms with E-state index in [0.717, 1.165) is 22.6 Å². The SMILES string of the molecule is Cl.N[C@H]1CCc2nc(NC(=O)C(F)(F)C(F)F)sc2C1. The number of fused-ring (bicyclic) bond motifs is 1. The van der Waals surface area contributed by atoms with Gasteiger partial charge in [0.05, 0.1) is 5.69 Å². The Labute approximate surface area is 122 Å². The van der Waals surface area contributed by atoms with Crippen LogP contribution in [0.2, 0.25) is 0 Å². The quantitative estimate of drug-likeness (QED) is 0.833. The van der Waals surface area contributed by atoms with Crippen LogP contribution >= 0.6 is 23.7 Å². The number of thiazole rings is 1. The lowest BCUT2D eigenvalue weighted by Gasteiger charge is -2.15. The van der Waals surface area contributed by atoms with Crippen LogP contribution in [-0.2, 0) is 17.6 Å². The van der Waals surface area contributed by atoms with E-state index in [1.54, 1.807) is 5.32 Å². The van der Waals surface area contributed by atoms with Crippen LogP contribution in [0.5, 0.6) is 0 Å². The van der Waals surface area contributed by atoms with Gasteiger partial charge in [-0.3, -0.25) is 10.1 Å². The predicted octanol–water partition coefficient (Wildman–Crippen LogP) is 2.22. The number of hydrogen-bond acceptors (Lipinski definition) is 4. The predicted molar refractivity (Wildman–Crippen MR) is 68.9 cm³/mol. The van der Waals surface area contributed by atoms with Gasteiger partial charge in [0.15, 0.2) is 5.13 Å². The molecule has 2 rings (SSSR count). The average Bonchev–Trinajstić information content (AvgIpc) is 2.69. The first-order chi connectivity index (χ1) is 8.80. The van der Waals surface area contributed by atoms with Gasteiger partial charge in [-0.05, 0) is 19.3 Å². The number of carbonyl (C=O) groups is 1. The summed E-state index contributed by atoms with van der Waals surface area (Å²) in [6.45, 7) is 0. The maximum atomic E-state index is 12.8. The van der Waals surface area contributed by atoms with Crippen LogP contribution in [0.15, 0.2) is 0 Å². The minimum atomic E-state index is -4.72. The van der Waals surface area contributed by atoms with Crippen LogP contribution in [0.3, 0.4) is 0 Å². The fourth-order valence-corrected chi connectivity index (χ4v) is 2.83. The third-order valence-corrected chi connectivity index (χ3v) is 3.81. The van der Waals surface area contributed by atoms with Gasteiger partial charge < -0.3 is 5.73 Å². The lowest BCUT2D eigenvalue weighted by molar-refractivity contribution is -0.163. The van der Waals surface area contributed by atoms with E-state index in [1.807, 2.05) is 0 Å². The molecule has 0 aliphatic heterocycles. The Bertz CT molecular complexity index is 497. The molecule has 0 fully saturated rings. The smallest absolute Gasteiger partial charge is 0.327 e. The molecule has 1 aromatic rings. The summed E-state index contributed by atoms with van der Waals surface area (Å²) in [5, 5.41) is 1.64. The molecule has 10 heteroatoms. The Balaban J connectivity index is 0.00000200. The number of aromatic nitrogens is 1. The summed E-state index contributed by atoms with van der Waals surface area (Å²) in [5.74, 6) is -6.76. The summed E-state index contributed by atoms with van der Waals surface area (Å²) >= 11 is 0.994. The molecule has 0 saturated heterocycles. The number of amides is 1. The molecule has 0 unspecified atom stereocenters. The zero-order valence-corrected chi connectivity index (χ0v) is 11.7. The molecule has 0 aromatic carbocycles. The van der Waals surface area contributed by atoms with E-state index in [2.05, 4.69) is 4.98 Å². The number of carbonyl (C=O) groups excluding carboxylic acids is 1. The van der Waals surface area contributed by atoms with Crippen molar-refractivity contribution in [2.24, 2.45) is 5.73 Å². The standard InChI is InChI=1S/C10H11F4N3OS.ClH/c11-7(12)10(13,14)8(18)17-9-16-5-2-1-4(15)3-6(5)19-9;/h4,7H,1-3,15H2,(H,16,17,18);1H/t4-;/m0./s1. The molecule has 0 saturated carbocycles. The topological polar surface area (TPSA) is 68.0 Å². The van der Waals surface area contributed by atoms with Crippen molar-refractivity contribution in [3.8, 4) is 0 Å². The summed E-state index contributed by atoms with van der Waals surface area (Å²) in [4.78, 5) is 15.8. The van der Waals surface area contributed by atoms with Crippen molar-refractivity contribution < 1.29 is 22.4 Å². The van der Waals surface area contributed by atoms with Crippen LogP contribution in [0, 0.1) is 0 Å². The summed E-state index contributed by atoms with van der Waals surface area (Å²) in [5.41, 5.74) is 6.42. The lowest BCUT2D eigenvalue weighted by Crippen LogP contribution is -2.40. The molecular weight excluding hydrogens is 322 g/mol. The van der Waals surface area contributed by atoms with Gasteiger partial charge in [-0.2, -0.15) is 8.78 Å². The van der Waals surface area contributed by atoms with Crippen LogP contribution in [-0.4, -0.2) is 29.3 Å². The highest BCUT2D eigenvalue weighted by molar-refractivity contribution is 7.15. The second kappa shape index (κ2) is 6.23. The molecule has 1 amide bonds. The molecular formula is C10H12ClF4N3OS. The molecule has 1 aliphatic rings. The first-order valence-electron chi connectivity index (χ1n) is 5.52. The lowest BCUT2D eigenvalue weighted by atomic mass is 9.99. The van der Waals surface area contributed by atoms with E-state index < -0.39 is 18.3 Å². The molecule has 114 valence electrons. The first-order valence-corrected chi connectivity index (χ1v) is 6.34. The van der Waals surface area contributed by atoms with Crippen LogP contribution in [0.25, 0.3) is 0 Å². The number of halogens is 5. The Morgan fingerprint density at radius 3 is 2.75 bits per heavy atom. The number of nitrogens with two attached hydrogens (primary N) is 1. The Hall–Kier alpha value is -0.930. The molecule has 3 N–H and O–H groups in total.